The molecule has 1 atom stereocenters. The lowest BCUT2D eigenvalue weighted by molar-refractivity contribution is -0.134. The molecule has 2 N–H and O–H groups in total. The molecular weight excluding hydrogens is 346 g/mol. The predicted molar refractivity (Wildman–Crippen MR) is 100 cm³/mol. The zero-order chi connectivity index (χ0) is 18.8. The Morgan fingerprint density at radius 2 is 2.19 bits per heavy atom. The Labute approximate surface area is 156 Å². The standard InChI is InChI=1S/C20H21N3O4/c1-26-9-8-21-11-12-2-4-14-13(10-12)3-6-16-18(14)19(23-27-16)15-5-7-17(24)22-20(15)25/h2-4,6,10,15,21H,5,7-9,11H2,1H3,(H,22,24,25)/t15-/m0/s1. The molecule has 2 heterocycles. The van der Waals surface area contributed by atoms with Gasteiger partial charge in [0.15, 0.2) is 5.58 Å². The van der Waals surface area contributed by atoms with Crippen LogP contribution >= 0.6 is 0 Å². The van der Waals surface area contributed by atoms with Crippen LogP contribution in [0.3, 0.4) is 0 Å². The lowest BCUT2D eigenvalue weighted by Crippen LogP contribution is -2.39. The normalized spacial score (nSPS) is 17.6. The number of amides is 2. The zero-order valence-corrected chi connectivity index (χ0v) is 15.1. The molecule has 0 bridgehead atoms. The maximum Gasteiger partial charge on any atom is 0.235 e. The molecule has 1 aliphatic heterocycles. The molecule has 0 saturated carbocycles. The fraction of sp³-hybridized carbons (Fsp3) is 0.350. The van der Waals surface area contributed by atoms with Crippen molar-refractivity contribution < 1.29 is 18.8 Å². The molecule has 1 aliphatic rings. The van der Waals surface area contributed by atoms with E-state index in [1.54, 1.807) is 7.11 Å². The zero-order valence-electron chi connectivity index (χ0n) is 15.1. The van der Waals surface area contributed by atoms with E-state index in [1.165, 1.54) is 0 Å². The van der Waals surface area contributed by atoms with E-state index in [-0.39, 0.29) is 11.8 Å². The van der Waals surface area contributed by atoms with Crippen LogP contribution in [0.15, 0.2) is 34.9 Å². The fourth-order valence-electron chi connectivity index (χ4n) is 3.55. The Hall–Kier alpha value is -2.77. The monoisotopic (exact) mass is 367 g/mol. The summed E-state index contributed by atoms with van der Waals surface area (Å²) in [4.78, 5) is 23.7. The number of carbonyl (C=O) groups is 2. The summed E-state index contributed by atoms with van der Waals surface area (Å²) >= 11 is 0. The third kappa shape index (κ3) is 3.43. The lowest BCUT2D eigenvalue weighted by atomic mass is 9.91. The first kappa shape index (κ1) is 17.6. The summed E-state index contributed by atoms with van der Waals surface area (Å²) in [5, 5.41) is 12.8. The Bertz CT molecular complexity index is 1010. The van der Waals surface area contributed by atoms with Crippen molar-refractivity contribution in [2.75, 3.05) is 20.3 Å². The Kier molecular flexibility index (Phi) is 4.87. The van der Waals surface area contributed by atoms with E-state index in [4.69, 9.17) is 9.26 Å². The van der Waals surface area contributed by atoms with Gasteiger partial charge in [0.1, 0.15) is 5.69 Å². The van der Waals surface area contributed by atoms with Crippen molar-refractivity contribution in [3.8, 4) is 0 Å². The quantitative estimate of drug-likeness (QED) is 0.513. The second kappa shape index (κ2) is 7.46. The largest absolute Gasteiger partial charge is 0.383 e. The molecule has 3 aromatic rings. The van der Waals surface area contributed by atoms with Crippen molar-refractivity contribution in [1.29, 1.82) is 0 Å². The van der Waals surface area contributed by atoms with E-state index in [1.807, 2.05) is 18.2 Å². The summed E-state index contributed by atoms with van der Waals surface area (Å²) in [5.41, 5.74) is 2.41. The van der Waals surface area contributed by atoms with Crippen LogP contribution < -0.4 is 10.6 Å². The highest BCUT2D eigenvalue weighted by Gasteiger charge is 2.32. The SMILES string of the molecule is COCCNCc1ccc2c(ccc3onc([C@@H]4CCC(=O)NC4=O)c32)c1. The van der Waals surface area contributed by atoms with E-state index < -0.39 is 5.92 Å². The summed E-state index contributed by atoms with van der Waals surface area (Å²) in [6.45, 7) is 2.21. The average Bonchev–Trinajstić information content (AvgIpc) is 3.09. The molecule has 27 heavy (non-hydrogen) atoms. The van der Waals surface area contributed by atoms with Crippen molar-refractivity contribution in [3.05, 3.63) is 41.6 Å². The summed E-state index contributed by atoms with van der Waals surface area (Å²) in [5.74, 6) is -1.01. The number of fused-ring (bicyclic) bond motifs is 3. The predicted octanol–water partition coefficient (Wildman–Crippen LogP) is 2.24. The first-order valence-electron chi connectivity index (χ1n) is 9.01. The van der Waals surface area contributed by atoms with Crippen molar-refractivity contribution in [1.82, 2.24) is 15.8 Å². The van der Waals surface area contributed by atoms with Gasteiger partial charge in [0.2, 0.25) is 11.8 Å². The molecule has 1 saturated heterocycles. The van der Waals surface area contributed by atoms with Crippen LogP contribution in [-0.2, 0) is 20.9 Å². The number of hydrogen-bond donors (Lipinski definition) is 2. The minimum Gasteiger partial charge on any atom is -0.383 e. The number of piperidine rings is 1. The van der Waals surface area contributed by atoms with E-state index in [2.05, 4.69) is 27.9 Å². The lowest BCUT2D eigenvalue weighted by Gasteiger charge is -2.19. The van der Waals surface area contributed by atoms with Crippen LogP contribution in [-0.4, -0.2) is 37.2 Å². The van der Waals surface area contributed by atoms with Crippen LogP contribution in [0.5, 0.6) is 0 Å². The van der Waals surface area contributed by atoms with Crippen molar-refractivity contribution in [2.24, 2.45) is 0 Å². The van der Waals surface area contributed by atoms with E-state index in [0.29, 0.717) is 30.7 Å². The third-order valence-corrected chi connectivity index (χ3v) is 4.93. The summed E-state index contributed by atoms with van der Waals surface area (Å²) in [6, 6.07) is 10.1. The van der Waals surface area contributed by atoms with Gasteiger partial charge in [-0.05, 0) is 34.9 Å². The molecule has 7 heteroatoms. The van der Waals surface area contributed by atoms with E-state index >= 15 is 0 Å². The van der Waals surface area contributed by atoms with Gasteiger partial charge in [-0.25, -0.2) is 0 Å². The maximum absolute atomic E-state index is 12.3. The van der Waals surface area contributed by atoms with Crippen molar-refractivity contribution in [2.45, 2.75) is 25.3 Å². The van der Waals surface area contributed by atoms with Gasteiger partial charge in [0.25, 0.3) is 0 Å². The smallest absolute Gasteiger partial charge is 0.235 e. The first-order chi connectivity index (χ1) is 13.2. The number of hydrogen-bond acceptors (Lipinski definition) is 6. The van der Waals surface area contributed by atoms with Gasteiger partial charge >= 0.3 is 0 Å². The minimum absolute atomic E-state index is 0.237. The van der Waals surface area contributed by atoms with E-state index in [0.717, 1.165) is 34.8 Å². The molecule has 140 valence electrons. The van der Waals surface area contributed by atoms with Gasteiger partial charge in [-0.15, -0.1) is 0 Å². The number of rotatable bonds is 6. The summed E-state index contributed by atoms with van der Waals surface area (Å²) < 4.78 is 10.5. The van der Waals surface area contributed by atoms with Gasteiger partial charge in [-0.1, -0.05) is 23.4 Å². The number of carbonyl (C=O) groups excluding carboxylic acids is 2. The third-order valence-electron chi connectivity index (χ3n) is 4.93. The molecule has 2 amide bonds. The van der Waals surface area contributed by atoms with Crippen molar-refractivity contribution in [3.63, 3.8) is 0 Å². The molecule has 2 aromatic carbocycles. The molecule has 0 unspecified atom stereocenters. The molecular formula is C20H21N3O4. The number of nitrogens with zero attached hydrogens (tertiary/aromatic N) is 1. The number of benzene rings is 2. The Morgan fingerprint density at radius 1 is 1.30 bits per heavy atom. The average molecular weight is 367 g/mol. The van der Waals surface area contributed by atoms with Crippen LogP contribution in [0.25, 0.3) is 21.7 Å². The van der Waals surface area contributed by atoms with Gasteiger partial charge < -0.3 is 14.6 Å². The van der Waals surface area contributed by atoms with Gasteiger partial charge in [0.05, 0.1) is 17.9 Å². The molecule has 0 spiro atoms. The number of imide groups is 1. The van der Waals surface area contributed by atoms with Gasteiger partial charge in [-0.3, -0.25) is 14.9 Å². The second-order valence-corrected chi connectivity index (χ2v) is 6.74. The molecule has 0 aliphatic carbocycles. The summed E-state index contributed by atoms with van der Waals surface area (Å²) in [7, 11) is 1.68. The number of nitrogens with one attached hydrogen (secondary N) is 2. The molecule has 1 aromatic heterocycles. The highest BCUT2D eigenvalue weighted by atomic mass is 16.5. The maximum atomic E-state index is 12.3. The van der Waals surface area contributed by atoms with Crippen LogP contribution in [0, 0.1) is 0 Å². The summed E-state index contributed by atoms with van der Waals surface area (Å²) in [6.07, 6.45) is 0.761. The number of aromatic nitrogens is 1. The van der Waals surface area contributed by atoms with E-state index in [9.17, 15) is 9.59 Å². The van der Waals surface area contributed by atoms with Gasteiger partial charge in [-0.2, -0.15) is 0 Å². The molecule has 1 fully saturated rings. The number of ether oxygens (including phenoxy) is 1. The molecule has 4 rings (SSSR count). The van der Waals surface area contributed by atoms with Gasteiger partial charge in [0, 0.05) is 26.6 Å². The second-order valence-electron chi connectivity index (χ2n) is 6.74. The molecule has 7 nitrogen and oxygen atoms in total. The Morgan fingerprint density at radius 3 is 3.00 bits per heavy atom. The van der Waals surface area contributed by atoms with Crippen LogP contribution in [0.4, 0.5) is 0 Å². The highest BCUT2D eigenvalue weighted by molar-refractivity contribution is 6.10. The number of methoxy groups -OCH3 is 1. The fourth-order valence-corrected chi connectivity index (χ4v) is 3.55. The van der Waals surface area contributed by atoms with Crippen LogP contribution in [0.1, 0.15) is 30.0 Å². The van der Waals surface area contributed by atoms with Crippen molar-refractivity contribution >= 4 is 33.6 Å². The molecule has 0 radical (unpaired) electrons. The minimum atomic E-state index is -0.468. The topological polar surface area (TPSA) is 93.5 Å². The highest BCUT2D eigenvalue weighted by Crippen LogP contribution is 2.35. The Balaban J connectivity index is 1.69. The first-order valence-corrected chi connectivity index (χ1v) is 9.01. The van der Waals surface area contributed by atoms with Crippen LogP contribution in [0.2, 0.25) is 0 Å².